The van der Waals surface area contributed by atoms with Crippen molar-refractivity contribution in [2.75, 3.05) is 12.4 Å². The molecule has 0 aliphatic rings. The zero-order valence-electron chi connectivity index (χ0n) is 19.8. The molecule has 0 aliphatic heterocycles. The first-order valence-corrected chi connectivity index (χ1v) is 11.1. The molecular weight excluding hydrogens is 422 g/mol. The Bertz CT molecular complexity index is 1430. The predicted molar refractivity (Wildman–Crippen MR) is 137 cm³/mol. The van der Waals surface area contributed by atoms with Crippen LogP contribution in [0.2, 0.25) is 0 Å². The van der Waals surface area contributed by atoms with Crippen molar-refractivity contribution in [3.05, 3.63) is 100 Å². The largest absolute Gasteiger partial charge is 0.497 e. The number of anilines is 1. The molecule has 0 atom stereocenters. The predicted octanol–water partition coefficient (Wildman–Crippen LogP) is 6.17. The van der Waals surface area contributed by atoms with Crippen molar-refractivity contribution < 1.29 is 9.53 Å². The summed E-state index contributed by atoms with van der Waals surface area (Å²) >= 11 is 0. The Morgan fingerprint density at radius 2 is 1.79 bits per heavy atom. The smallest absolute Gasteiger partial charge is 0.266 e. The number of rotatable bonds is 6. The number of hydrogen-bond acceptors (Lipinski definition) is 3. The molecule has 0 saturated carbocycles. The van der Waals surface area contributed by atoms with Gasteiger partial charge in [0.25, 0.3) is 5.91 Å². The summed E-state index contributed by atoms with van der Waals surface area (Å²) in [6, 6.07) is 22.0. The number of nitriles is 1. The van der Waals surface area contributed by atoms with E-state index in [1.54, 1.807) is 13.2 Å². The second-order valence-corrected chi connectivity index (χ2v) is 8.48. The number of carbonyl (C=O) groups is 1. The van der Waals surface area contributed by atoms with Crippen LogP contribution < -0.4 is 10.1 Å². The van der Waals surface area contributed by atoms with Crippen LogP contribution in [0.1, 0.15) is 27.8 Å². The lowest BCUT2D eigenvalue weighted by Gasteiger charge is -2.12. The van der Waals surface area contributed by atoms with E-state index in [4.69, 9.17) is 4.74 Å². The van der Waals surface area contributed by atoms with E-state index >= 15 is 0 Å². The second kappa shape index (κ2) is 9.68. The van der Waals surface area contributed by atoms with Gasteiger partial charge in [-0.3, -0.25) is 4.79 Å². The third-order valence-electron chi connectivity index (χ3n) is 5.89. The molecule has 1 aromatic heterocycles. The van der Waals surface area contributed by atoms with E-state index in [0.717, 1.165) is 50.2 Å². The normalized spacial score (nSPS) is 11.3. The highest BCUT2D eigenvalue weighted by Gasteiger charge is 2.15. The summed E-state index contributed by atoms with van der Waals surface area (Å²) in [5.41, 5.74) is 6.83. The van der Waals surface area contributed by atoms with Gasteiger partial charge in [0.2, 0.25) is 0 Å². The Hall–Kier alpha value is -4.30. The van der Waals surface area contributed by atoms with Crippen LogP contribution >= 0.6 is 0 Å². The molecule has 0 saturated heterocycles. The van der Waals surface area contributed by atoms with E-state index in [9.17, 15) is 10.1 Å². The first kappa shape index (κ1) is 22.9. The fraction of sp³-hybridized carbons (Fsp3) is 0.172. The number of para-hydroxylation sites is 1. The third-order valence-corrected chi connectivity index (χ3v) is 5.89. The summed E-state index contributed by atoms with van der Waals surface area (Å²) in [6.45, 7) is 6.57. The number of carbonyl (C=O) groups excluding carboxylic acids is 1. The van der Waals surface area contributed by atoms with E-state index < -0.39 is 5.91 Å². The first-order chi connectivity index (χ1) is 16.4. The Balaban J connectivity index is 1.69. The minimum Gasteiger partial charge on any atom is -0.497 e. The van der Waals surface area contributed by atoms with Gasteiger partial charge in [0.05, 0.1) is 7.11 Å². The molecule has 0 unspecified atom stereocenters. The molecule has 3 aromatic carbocycles. The van der Waals surface area contributed by atoms with Gasteiger partial charge >= 0.3 is 0 Å². The highest BCUT2D eigenvalue weighted by Crippen LogP contribution is 2.27. The van der Waals surface area contributed by atoms with Crippen molar-refractivity contribution in [2.24, 2.45) is 0 Å². The highest BCUT2D eigenvalue weighted by atomic mass is 16.5. The number of aromatic nitrogens is 1. The molecule has 0 spiro atoms. The number of ether oxygens (including phenoxy) is 1. The number of nitrogens with one attached hydrogen (secondary N) is 1. The Morgan fingerprint density at radius 1 is 1.06 bits per heavy atom. The molecule has 0 bridgehead atoms. The van der Waals surface area contributed by atoms with E-state index in [-0.39, 0.29) is 5.57 Å². The molecule has 0 radical (unpaired) electrons. The standard InChI is InChI=1S/C29H27N3O2/c1-19-12-20(2)28(21(3)13-19)31-29(33)23(16-30)15-24-18-32(27-11-6-5-10-26(24)27)17-22-8-7-9-25(14-22)34-4/h5-15,18H,17H2,1-4H3,(H,31,33). The lowest BCUT2D eigenvalue weighted by Crippen LogP contribution is -2.15. The van der Waals surface area contributed by atoms with Crippen molar-refractivity contribution in [1.29, 1.82) is 5.26 Å². The molecule has 0 fully saturated rings. The van der Waals surface area contributed by atoms with Crippen LogP contribution in [0.3, 0.4) is 0 Å². The van der Waals surface area contributed by atoms with Crippen molar-refractivity contribution in [3.63, 3.8) is 0 Å². The molecule has 1 heterocycles. The summed E-state index contributed by atoms with van der Waals surface area (Å²) in [5.74, 6) is 0.390. The average Bonchev–Trinajstić information content (AvgIpc) is 3.16. The van der Waals surface area contributed by atoms with E-state index in [2.05, 4.69) is 16.0 Å². The van der Waals surface area contributed by atoms with Crippen LogP contribution in [0.25, 0.3) is 17.0 Å². The zero-order valence-corrected chi connectivity index (χ0v) is 19.8. The Morgan fingerprint density at radius 3 is 2.50 bits per heavy atom. The second-order valence-electron chi connectivity index (χ2n) is 8.48. The zero-order chi connectivity index (χ0) is 24.2. The number of methoxy groups -OCH3 is 1. The molecule has 4 aromatic rings. The lowest BCUT2D eigenvalue weighted by molar-refractivity contribution is -0.112. The number of benzene rings is 3. The van der Waals surface area contributed by atoms with Crippen molar-refractivity contribution >= 4 is 28.6 Å². The summed E-state index contributed by atoms with van der Waals surface area (Å²) < 4.78 is 7.47. The molecular formula is C29H27N3O2. The fourth-order valence-electron chi connectivity index (χ4n) is 4.35. The van der Waals surface area contributed by atoms with E-state index in [1.807, 2.05) is 87.6 Å². The van der Waals surface area contributed by atoms with Gasteiger partial charge in [0.1, 0.15) is 17.4 Å². The lowest BCUT2D eigenvalue weighted by atomic mass is 10.0. The number of aryl methyl sites for hydroxylation is 3. The number of amides is 1. The van der Waals surface area contributed by atoms with Crippen LogP contribution in [0, 0.1) is 32.1 Å². The highest BCUT2D eigenvalue weighted by molar-refractivity contribution is 6.11. The Kier molecular flexibility index (Phi) is 6.51. The van der Waals surface area contributed by atoms with Crippen LogP contribution in [-0.2, 0) is 11.3 Å². The fourth-order valence-corrected chi connectivity index (χ4v) is 4.35. The topological polar surface area (TPSA) is 67.0 Å². The molecule has 4 rings (SSSR count). The Labute approximate surface area is 199 Å². The quantitative estimate of drug-likeness (QED) is 0.283. The third kappa shape index (κ3) is 4.72. The van der Waals surface area contributed by atoms with Gasteiger partial charge in [0.15, 0.2) is 0 Å². The van der Waals surface area contributed by atoms with Gasteiger partial charge in [-0.2, -0.15) is 5.26 Å². The SMILES string of the molecule is COc1cccc(Cn2cc(C=C(C#N)C(=O)Nc3c(C)cc(C)cc3C)c3ccccc32)c1. The summed E-state index contributed by atoms with van der Waals surface area (Å²) in [6.07, 6.45) is 3.65. The molecule has 1 amide bonds. The molecule has 0 aliphatic carbocycles. The summed E-state index contributed by atoms with van der Waals surface area (Å²) in [5, 5.41) is 13.7. The van der Waals surface area contributed by atoms with E-state index in [0.29, 0.717) is 6.54 Å². The van der Waals surface area contributed by atoms with Gasteiger partial charge in [-0.15, -0.1) is 0 Å². The van der Waals surface area contributed by atoms with Crippen molar-refractivity contribution in [1.82, 2.24) is 4.57 Å². The van der Waals surface area contributed by atoms with Crippen LogP contribution in [0.15, 0.2) is 72.4 Å². The maximum absolute atomic E-state index is 13.0. The number of hydrogen-bond donors (Lipinski definition) is 1. The molecule has 170 valence electrons. The number of nitrogens with zero attached hydrogens (tertiary/aromatic N) is 2. The van der Waals surface area contributed by atoms with Gasteiger partial charge in [-0.1, -0.05) is 48.0 Å². The van der Waals surface area contributed by atoms with Crippen molar-refractivity contribution in [2.45, 2.75) is 27.3 Å². The van der Waals surface area contributed by atoms with Crippen molar-refractivity contribution in [3.8, 4) is 11.8 Å². The minimum atomic E-state index is -0.415. The van der Waals surface area contributed by atoms with E-state index in [1.165, 1.54) is 0 Å². The maximum Gasteiger partial charge on any atom is 0.266 e. The summed E-state index contributed by atoms with van der Waals surface area (Å²) in [7, 11) is 1.65. The van der Waals surface area contributed by atoms with Crippen LogP contribution in [0.5, 0.6) is 5.75 Å². The average molecular weight is 450 g/mol. The van der Waals surface area contributed by atoms with Gasteiger partial charge in [0, 0.05) is 34.9 Å². The monoisotopic (exact) mass is 449 g/mol. The number of fused-ring (bicyclic) bond motifs is 1. The molecule has 5 heteroatoms. The van der Waals surface area contributed by atoms with Crippen LogP contribution in [0.4, 0.5) is 5.69 Å². The van der Waals surface area contributed by atoms with Gasteiger partial charge < -0.3 is 14.6 Å². The van der Waals surface area contributed by atoms with Gasteiger partial charge in [-0.25, -0.2) is 0 Å². The maximum atomic E-state index is 13.0. The van der Waals surface area contributed by atoms with Crippen LogP contribution in [-0.4, -0.2) is 17.6 Å². The first-order valence-electron chi connectivity index (χ1n) is 11.1. The molecule has 1 N–H and O–H groups in total. The molecule has 34 heavy (non-hydrogen) atoms. The minimum absolute atomic E-state index is 0.0589. The summed E-state index contributed by atoms with van der Waals surface area (Å²) in [4.78, 5) is 13.0. The molecule has 5 nitrogen and oxygen atoms in total. The van der Waals surface area contributed by atoms with Gasteiger partial charge in [-0.05, 0) is 61.7 Å².